The van der Waals surface area contributed by atoms with Crippen LogP contribution in [0.5, 0.6) is 11.5 Å². The lowest BCUT2D eigenvalue weighted by molar-refractivity contribution is -0.132. The molecule has 1 aliphatic heterocycles. The summed E-state index contributed by atoms with van der Waals surface area (Å²) in [6, 6.07) is 5.82. The van der Waals surface area contributed by atoms with Crippen molar-refractivity contribution in [2.45, 2.75) is 32.2 Å². The summed E-state index contributed by atoms with van der Waals surface area (Å²) in [5.74, 6) is 0.536. The predicted octanol–water partition coefficient (Wildman–Crippen LogP) is 2.06. The number of carbonyl (C=O) groups is 1. The van der Waals surface area contributed by atoms with Crippen LogP contribution in [-0.4, -0.2) is 42.2 Å². The molecule has 0 unspecified atom stereocenters. The number of nitrogens with one attached hydrogen (secondary N) is 1. The number of phenolic OH excluding ortho intramolecular Hbond substituents is 1. The van der Waals surface area contributed by atoms with E-state index in [4.69, 9.17) is 4.74 Å². The van der Waals surface area contributed by atoms with E-state index in [0.717, 1.165) is 31.7 Å². The Bertz CT molecular complexity index is 537. The molecule has 5 heteroatoms. The van der Waals surface area contributed by atoms with Crippen molar-refractivity contribution in [3.63, 3.8) is 0 Å². The summed E-state index contributed by atoms with van der Waals surface area (Å²) in [7, 11) is 0. The van der Waals surface area contributed by atoms with Crippen molar-refractivity contribution in [1.29, 1.82) is 0 Å². The Labute approximate surface area is 131 Å². The molecule has 0 bridgehead atoms. The maximum atomic E-state index is 11.0. The summed E-state index contributed by atoms with van der Waals surface area (Å²) in [6.07, 6.45) is 3.80. The number of benzene rings is 1. The zero-order valence-corrected chi connectivity index (χ0v) is 13.0. The van der Waals surface area contributed by atoms with Gasteiger partial charge in [-0.15, -0.1) is 0 Å². The fourth-order valence-corrected chi connectivity index (χ4v) is 3.46. The highest BCUT2D eigenvalue weighted by molar-refractivity contribution is 5.70. The number of nitrogens with zero attached hydrogens (tertiary/aromatic N) is 1. The second kappa shape index (κ2) is 6.67. The molecule has 0 spiro atoms. The van der Waals surface area contributed by atoms with Gasteiger partial charge in [-0.05, 0) is 36.5 Å². The topological polar surface area (TPSA) is 61.8 Å². The first-order valence-corrected chi connectivity index (χ1v) is 8.11. The fraction of sp³-hybridized carbons (Fsp3) is 0.588. The molecule has 0 aromatic heterocycles. The third-order valence-corrected chi connectivity index (χ3v) is 4.72. The van der Waals surface area contributed by atoms with E-state index in [2.05, 4.69) is 10.2 Å². The molecule has 1 atom stereocenters. The first-order chi connectivity index (χ1) is 10.6. The number of ether oxygens (including phenoxy) is 1. The standard InChI is InChI=1S/C17H24N2O3/c1-12(20)22-16-6-5-14(11-15(16)21)17(13-3-2-4-13)19-9-7-18-8-10-19/h5-6,11,13,17-18,21H,2-4,7-10H2,1H3/t17-/m1/s1. The van der Waals surface area contributed by atoms with Crippen LogP contribution in [0.3, 0.4) is 0 Å². The van der Waals surface area contributed by atoms with Crippen molar-refractivity contribution in [3.05, 3.63) is 23.8 Å². The number of hydrogen-bond acceptors (Lipinski definition) is 5. The zero-order valence-electron chi connectivity index (χ0n) is 13.0. The number of esters is 1. The Morgan fingerprint density at radius 2 is 2.09 bits per heavy atom. The van der Waals surface area contributed by atoms with Gasteiger partial charge in [0.1, 0.15) is 0 Å². The molecular formula is C17H24N2O3. The molecule has 1 aromatic carbocycles. The number of phenols is 1. The van der Waals surface area contributed by atoms with Gasteiger partial charge < -0.3 is 15.2 Å². The third-order valence-electron chi connectivity index (χ3n) is 4.72. The van der Waals surface area contributed by atoms with Gasteiger partial charge in [0.05, 0.1) is 0 Å². The lowest BCUT2D eigenvalue weighted by Crippen LogP contribution is -2.47. The first-order valence-electron chi connectivity index (χ1n) is 8.11. The number of carbonyl (C=O) groups excluding carboxylic acids is 1. The predicted molar refractivity (Wildman–Crippen MR) is 83.9 cm³/mol. The molecule has 0 amide bonds. The van der Waals surface area contributed by atoms with Crippen LogP contribution in [0, 0.1) is 5.92 Å². The maximum Gasteiger partial charge on any atom is 0.308 e. The van der Waals surface area contributed by atoms with Crippen LogP contribution < -0.4 is 10.1 Å². The number of rotatable bonds is 4. The Morgan fingerprint density at radius 3 is 2.64 bits per heavy atom. The van der Waals surface area contributed by atoms with Gasteiger partial charge in [0, 0.05) is 39.1 Å². The molecular weight excluding hydrogens is 280 g/mol. The maximum absolute atomic E-state index is 11.0. The van der Waals surface area contributed by atoms with Gasteiger partial charge in [-0.25, -0.2) is 0 Å². The zero-order chi connectivity index (χ0) is 15.5. The van der Waals surface area contributed by atoms with Crippen molar-refractivity contribution < 1.29 is 14.6 Å². The second-order valence-corrected chi connectivity index (χ2v) is 6.24. The summed E-state index contributed by atoms with van der Waals surface area (Å²) >= 11 is 0. The molecule has 2 N–H and O–H groups in total. The van der Waals surface area contributed by atoms with E-state index in [1.54, 1.807) is 12.1 Å². The van der Waals surface area contributed by atoms with Gasteiger partial charge in [-0.1, -0.05) is 12.5 Å². The molecule has 1 saturated carbocycles. The van der Waals surface area contributed by atoms with Crippen LogP contribution in [0.4, 0.5) is 0 Å². The molecule has 2 fully saturated rings. The molecule has 5 nitrogen and oxygen atoms in total. The molecule has 0 radical (unpaired) electrons. The lowest BCUT2D eigenvalue weighted by atomic mass is 9.76. The SMILES string of the molecule is CC(=O)Oc1ccc([C@@H](C2CCC2)N2CCNCC2)cc1O. The van der Waals surface area contributed by atoms with E-state index >= 15 is 0 Å². The molecule has 1 heterocycles. The monoisotopic (exact) mass is 304 g/mol. The van der Waals surface area contributed by atoms with Crippen LogP contribution in [-0.2, 0) is 4.79 Å². The lowest BCUT2D eigenvalue weighted by Gasteiger charge is -2.43. The third kappa shape index (κ3) is 3.25. The minimum atomic E-state index is -0.416. The minimum Gasteiger partial charge on any atom is -0.504 e. The highest BCUT2D eigenvalue weighted by atomic mass is 16.5. The largest absolute Gasteiger partial charge is 0.504 e. The summed E-state index contributed by atoms with van der Waals surface area (Å²) in [5.41, 5.74) is 1.13. The molecule has 1 aliphatic carbocycles. The number of hydrogen-bond donors (Lipinski definition) is 2. The summed E-state index contributed by atoms with van der Waals surface area (Å²) in [6.45, 7) is 5.44. The number of aromatic hydroxyl groups is 1. The van der Waals surface area contributed by atoms with E-state index in [1.807, 2.05) is 6.07 Å². The summed E-state index contributed by atoms with van der Waals surface area (Å²) in [4.78, 5) is 13.6. The average molecular weight is 304 g/mol. The van der Waals surface area contributed by atoms with E-state index in [0.29, 0.717) is 12.0 Å². The normalized spacial score (nSPS) is 21.1. The highest BCUT2D eigenvalue weighted by Crippen LogP contribution is 2.43. The van der Waals surface area contributed by atoms with Gasteiger partial charge in [-0.2, -0.15) is 0 Å². The quantitative estimate of drug-likeness (QED) is 0.658. The van der Waals surface area contributed by atoms with Crippen molar-refractivity contribution in [2.75, 3.05) is 26.2 Å². The van der Waals surface area contributed by atoms with Crippen LogP contribution in [0.25, 0.3) is 0 Å². The average Bonchev–Trinajstić information content (AvgIpc) is 2.45. The smallest absolute Gasteiger partial charge is 0.308 e. The Hall–Kier alpha value is -1.59. The van der Waals surface area contributed by atoms with Crippen LogP contribution in [0.1, 0.15) is 37.8 Å². The summed E-state index contributed by atoms with van der Waals surface area (Å²) < 4.78 is 5.01. The van der Waals surface area contributed by atoms with Crippen molar-refractivity contribution in [3.8, 4) is 11.5 Å². The summed E-state index contributed by atoms with van der Waals surface area (Å²) in [5, 5.41) is 13.5. The van der Waals surface area contributed by atoms with Crippen LogP contribution in [0.2, 0.25) is 0 Å². The van der Waals surface area contributed by atoms with Crippen molar-refractivity contribution >= 4 is 5.97 Å². The van der Waals surface area contributed by atoms with E-state index in [1.165, 1.54) is 26.2 Å². The van der Waals surface area contributed by atoms with Crippen LogP contribution in [0.15, 0.2) is 18.2 Å². The Morgan fingerprint density at radius 1 is 1.36 bits per heavy atom. The van der Waals surface area contributed by atoms with Crippen molar-refractivity contribution in [1.82, 2.24) is 10.2 Å². The van der Waals surface area contributed by atoms with Gasteiger partial charge >= 0.3 is 5.97 Å². The van der Waals surface area contributed by atoms with Gasteiger partial charge in [-0.3, -0.25) is 9.69 Å². The molecule has 22 heavy (non-hydrogen) atoms. The van der Waals surface area contributed by atoms with E-state index < -0.39 is 5.97 Å². The fourth-order valence-electron chi connectivity index (χ4n) is 3.46. The molecule has 120 valence electrons. The molecule has 1 saturated heterocycles. The van der Waals surface area contributed by atoms with Crippen LogP contribution >= 0.6 is 0 Å². The first kappa shape index (κ1) is 15.3. The Balaban J connectivity index is 1.83. The van der Waals surface area contributed by atoms with Gasteiger partial charge in [0.15, 0.2) is 11.5 Å². The second-order valence-electron chi connectivity index (χ2n) is 6.24. The Kier molecular flexibility index (Phi) is 4.64. The molecule has 1 aromatic rings. The number of piperazine rings is 1. The van der Waals surface area contributed by atoms with E-state index in [9.17, 15) is 9.90 Å². The van der Waals surface area contributed by atoms with Gasteiger partial charge in [0.2, 0.25) is 0 Å². The van der Waals surface area contributed by atoms with E-state index in [-0.39, 0.29) is 11.5 Å². The minimum absolute atomic E-state index is 0.0483. The highest BCUT2D eigenvalue weighted by Gasteiger charge is 2.33. The van der Waals surface area contributed by atoms with Crippen molar-refractivity contribution in [2.24, 2.45) is 5.92 Å². The van der Waals surface area contributed by atoms with Gasteiger partial charge in [0.25, 0.3) is 0 Å². The molecule has 3 rings (SSSR count). The molecule has 2 aliphatic rings.